The van der Waals surface area contributed by atoms with Gasteiger partial charge < -0.3 is 29.6 Å². The molecule has 1 unspecified atom stereocenters. The van der Waals surface area contributed by atoms with Crippen LogP contribution < -0.4 is 15.1 Å². The van der Waals surface area contributed by atoms with Crippen LogP contribution in [-0.4, -0.2) is 66.0 Å². The normalized spacial score (nSPS) is 22.2. The lowest BCUT2D eigenvalue weighted by molar-refractivity contribution is 0.0932. The molecule has 3 aliphatic rings. The molecule has 9 nitrogen and oxygen atoms in total. The molecule has 9 heteroatoms. The predicted octanol–water partition coefficient (Wildman–Crippen LogP) is 5.14. The number of carbonyl (C=O) groups excluding carboxylic acids is 1. The number of amides is 1. The van der Waals surface area contributed by atoms with Crippen LogP contribution >= 0.6 is 0 Å². The molecule has 1 aliphatic carbocycles. The highest BCUT2D eigenvalue weighted by molar-refractivity contribution is 5.93. The first-order valence-corrected chi connectivity index (χ1v) is 14.7. The zero-order chi connectivity index (χ0) is 27.6. The van der Waals surface area contributed by atoms with E-state index in [2.05, 4.69) is 44.4 Å². The van der Waals surface area contributed by atoms with E-state index >= 15 is 0 Å². The average molecular weight is 553 g/mol. The zero-order valence-electron chi connectivity index (χ0n) is 23.2. The molecule has 4 heterocycles. The Morgan fingerprint density at radius 3 is 2.83 bits per heavy atom. The number of aromatic nitrogens is 3. The van der Waals surface area contributed by atoms with Crippen molar-refractivity contribution in [3.63, 3.8) is 0 Å². The van der Waals surface area contributed by atoms with Gasteiger partial charge in [-0.15, -0.1) is 0 Å². The van der Waals surface area contributed by atoms with Crippen molar-refractivity contribution in [2.75, 3.05) is 42.6 Å². The van der Waals surface area contributed by atoms with E-state index in [9.17, 15) is 4.79 Å². The Kier molecular flexibility index (Phi) is 7.19. The summed E-state index contributed by atoms with van der Waals surface area (Å²) in [5.41, 5.74) is 4.23. The second-order valence-corrected chi connectivity index (χ2v) is 11.4. The lowest BCUT2D eigenvalue weighted by Gasteiger charge is -2.46. The summed E-state index contributed by atoms with van der Waals surface area (Å²) in [5.74, 6) is 2.32. The Bertz CT molecular complexity index is 1500. The largest absolute Gasteiger partial charge is 0.445 e. The van der Waals surface area contributed by atoms with Crippen LogP contribution in [0, 0.1) is 5.92 Å². The summed E-state index contributed by atoms with van der Waals surface area (Å²) in [6, 6.07) is 18.5. The van der Waals surface area contributed by atoms with Gasteiger partial charge in [-0.1, -0.05) is 42.5 Å². The minimum Gasteiger partial charge on any atom is -0.445 e. The van der Waals surface area contributed by atoms with Crippen LogP contribution in [0.5, 0.6) is 0 Å². The van der Waals surface area contributed by atoms with Gasteiger partial charge in [-0.3, -0.25) is 0 Å². The van der Waals surface area contributed by atoms with E-state index in [-0.39, 0.29) is 18.2 Å². The number of rotatable bonds is 6. The molecule has 1 saturated heterocycles. The van der Waals surface area contributed by atoms with Gasteiger partial charge in [0.15, 0.2) is 11.6 Å². The van der Waals surface area contributed by atoms with Gasteiger partial charge in [-0.25, -0.2) is 14.8 Å². The SMILES string of the molecule is O=C(NC1CCC(CN2CC3COCCN3c3nc(-c4cccc5[nH]ccc45)ncc32)CC1)OCc1ccccc1. The molecule has 2 N–H and O–H groups in total. The summed E-state index contributed by atoms with van der Waals surface area (Å²) in [6.45, 7) is 4.43. The standard InChI is InChI=1S/C32H36N6O3/c39-32(41-20-23-5-2-1-3-6-23)35-24-11-9-22(10-12-24)18-37-19-25-21-40-16-15-38(25)31-29(37)17-34-30(36-31)27-7-4-8-28-26(27)13-14-33-28/h1-8,13-14,17,22,24-25,33H,9-12,15-16,18-21H2,(H,35,39). The molecule has 7 rings (SSSR count). The van der Waals surface area contributed by atoms with Gasteiger partial charge in [-0.05, 0) is 49.3 Å². The van der Waals surface area contributed by atoms with Crippen LogP contribution in [-0.2, 0) is 16.1 Å². The van der Waals surface area contributed by atoms with Crippen molar-refractivity contribution in [1.82, 2.24) is 20.3 Å². The molecule has 0 spiro atoms. The predicted molar refractivity (Wildman–Crippen MR) is 159 cm³/mol. The summed E-state index contributed by atoms with van der Waals surface area (Å²) in [4.78, 5) is 30.6. The van der Waals surface area contributed by atoms with Crippen LogP contribution in [0.2, 0.25) is 0 Å². The van der Waals surface area contributed by atoms with Crippen LogP contribution in [0.3, 0.4) is 0 Å². The number of alkyl carbamates (subject to hydrolysis) is 1. The molecule has 41 heavy (non-hydrogen) atoms. The summed E-state index contributed by atoms with van der Waals surface area (Å²) in [7, 11) is 0. The van der Waals surface area contributed by atoms with Crippen LogP contribution in [0.15, 0.2) is 67.0 Å². The number of hydrogen-bond donors (Lipinski definition) is 2. The van der Waals surface area contributed by atoms with Gasteiger partial charge in [0.25, 0.3) is 0 Å². The number of nitrogens with one attached hydrogen (secondary N) is 2. The van der Waals surface area contributed by atoms with Gasteiger partial charge in [0.2, 0.25) is 0 Å². The van der Waals surface area contributed by atoms with Gasteiger partial charge in [0.05, 0.1) is 31.1 Å². The maximum absolute atomic E-state index is 12.4. The average Bonchev–Trinajstić information content (AvgIpc) is 3.51. The molecule has 2 aromatic carbocycles. The Balaban J connectivity index is 1.02. The third kappa shape index (κ3) is 5.46. The molecule has 0 bridgehead atoms. The summed E-state index contributed by atoms with van der Waals surface area (Å²) < 4.78 is 11.3. The van der Waals surface area contributed by atoms with Crippen LogP contribution in [0.25, 0.3) is 22.3 Å². The number of H-pyrrole nitrogens is 1. The number of anilines is 2. The lowest BCUT2D eigenvalue weighted by atomic mass is 9.85. The number of fused-ring (bicyclic) bond motifs is 4. The molecule has 2 fully saturated rings. The van der Waals surface area contributed by atoms with Gasteiger partial charge in [0, 0.05) is 48.3 Å². The Hall–Kier alpha value is -4.11. The van der Waals surface area contributed by atoms with E-state index in [0.29, 0.717) is 25.7 Å². The first-order valence-electron chi connectivity index (χ1n) is 14.7. The number of morpholine rings is 1. The van der Waals surface area contributed by atoms with E-state index in [4.69, 9.17) is 19.4 Å². The Morgan fingerprint density at radius 1 is 1.07 bits per heavy atom. The molecular weight excluding hydrogens is 516 g/mol. The van der Waals surface area contributed by atoms with E-state index < -0.39 is 0 Å². The first kappa shape index (κ1) is 25.8. The van der Waals surface area contributed by atoms with Crippen LogP contribution in [0.4, 0.5) is 16.3 Å². The molecule has 1 atom stereocenters. The molecule has 212 valence electrons. The van der Waals surface area contributed by atoms with Crippen molar-refractivity contribution in [2.24, 2.45) is 5.92 Å². The quantitative estimate of drug-likeness (QED) is 0.342. The van der Waals surface area contributed by atoms with Crippen molar-refractivity contribution in [3.05, 3.63) is 72.6 Å². The maximum Gasteiger partial charge on any atom is 0.407 e. The summed E-state index contributed by atoms with van der Waals surface area (Å²) in [5, 5.41) is 4.21. The number of hydrogen-bond acceptors (Lipinski definition) is 7. The van der Waals surface area contributed by atoms with Crippen molar-refractivity contribution < 1.29 is 14.3 Å². The second-order valence-electron chi connectivity index (χ2n) is 11.4. The lowest BCUT2D eigenvalue weighted by Crippen LogP contribution is -2.56. The zero-order valence-corrected chi connectivity index (χ0v) is 23.2. The Morgan fingerprint density at radius 2 is 1.95 bits per heavy atom. The van der Waals surface area contributed by atoms with Crippen molar-refractivity contribution in [3.8, 4) is 11.4 Å². The third-order valence-corrected chi connectivity index (χ3v) is 8.72. The molecule has 0 radical (unpaired) electrons. The van der Waals surface area contributed by atoms with E-state index in [1.807, 2.05) is 42.7 Å². The molecule has 2 aliphatic heterocycles. The second kappa shape index (κ2) is 11.4. The number of ether oxygens (including phenoxy) is 2. The highest BCUT2D eigenvalue weighted by atomic mass is 16.5. The summed E-state index contributed by atoms with van der Waals surface area (Å²) in [6.07, 6.45) is 7.70. The van der Waals surface area contributed by atoms with Crippen molar-refractivity contribution >= 4 is 28.5 Å². The number of aromatic amines is 1. The van der Waals surface area contributed by atoms with E-state index in [0.717, 1.165) is 84.7 Å². The summed E-state index contributed by atoms with van der Waals surface area (Å²) >= 11 is 0. The maximum atomic E-state index is 12.4. The molecule has 1 amide bonds. The molecule has 2 aromatic heterocycles. The van der Waals surface area contributed by atoms with Crippen LogP contribution in [0.1, 0.15) is 31.2 Å². The van der Waals surface area contributed by atoms with E-state index in [1.54, 1.807) is 0 Å². The molecule has 4 aromatic rings. The highest BCUT2D eigenvalue weighted by Crippen LogP contribution is 2.38. The fraction of sp³-hybridized carbons (Fsp3) is 0.406. The van der Waals surface area contributed by atoms with Gasteiger partial charge in [0.1, 0.15) is 6.61 Å². The number of benzene rings is 2. The van der Waals surface area contributed by atoms with E-state index in [1.165, 1.54) is 0 Å². The van der Waals surface area contributed by atoms with Crippen molar-refractivity contribution in [2.45, 2.75) is 44.4 Å². The van der Waals surface area contributed by atoms with Crippen molar-refractivity contribution in [1.29, 1.82) is 0 Å². The molecule has 1 saturated carbocycles. The topological polar surface area (TPSA) is 95.6 Å². The highest BCUT2D eigenvalue weighted by Gasteiger charge is 2.36. The van der Waals surface area contributed by atoms with Gasteiger partial charge >= 0.3 is 6.09 Å². The fourth-order valence-electron chi connectivity index (χ4n) is 6.55. The number of carbonyl (C=O) groups is 1. The molecular formula is C32H36N6O3. The Labute approximate surface area is 239 Å². The third-order valence-electron chi connectivity index (χ3n) is 8.72. The minimum atomic E-state index is -0.331. The first-order chi connectivity index (χ1) is 20.2. The fourth-order valence-corrected chi connectivity index (χ4v) is 6.55. The smallest absolute Gasteiger partial charge is 0.407 e. The van der Waals surface area contributed by atoms with Gasteiger partial charge in [-0.2, -0.15) is 0 Å². The minimum absolute atomic E-state index is 0.160. The number of nitrogens with zero attached hydrogens (tertiary/aromatic N) is 4. The monoisotopic (exact) mass is 552 g/mol.